The lowest BCUT2D eigenvalue weighted by Gasteiger charge is -2.03. The molecule has 2 heterocycles. The van der Waals surface area contributed by atoms with Gasteiger partial charge in [0.2, 0.25) is 0 Å². The first-order valence-electron chi connectivity index (χ1n) is 4.49. The number of rotatable bonds is 3. The van der Waals surface area contributed by atoms with Crippen molar-refractivity contribution in [2.75, 3.05) is 5.32 Å². The minimum Gasteiger partial charge on any atom is -0.378 e. The molecule has 0 fully saturated rings. The Morgan fingerprint density at radius 1 is 1.07 bits per heavy atom. The van der Waals surface area contributed by atoms with E-state index in [1.807, 2.05) is 30.3 Å². The lowest BCUT2D eigenvalue weighted by Crippen LogP contribution is -2.00. The highest BCUT2D eigenvalue weighted by Crippen LogP contribution is 2.04. The zero-order valence-corrected chi connectivity index (χ0v) is 7.72. The van der Waals surface area contributed by atoms with E-state index >= 15 is 0 Å². The van der Waals surface area contributed by atoms with Crippen LogP contribution < -0.4 is 5.32 Å². The van der Waals surface area contributed by atoms with E-state index < -0.39 is 0 Å². The van der Waals surface area contributed by atoms with Gasteiger partial charge in [0.25, 0.3) is 0 Å². The molecule has 0 unspecified atom stereocenters. The molecule has 70 valence electrons. The monoisotopic (exact) mass is 185 g/mol. The summed E-state index contributed by atoms with van der Waals surface area (Å²) in [6, 6.07) is 9.76. The van der Waals surface area contributed by atoms with Crippen LogP contribution in [0, 0.1) is 0 Å². The number of hydrogen-bond donors (Lipinski definition) is 1. The zero-order valence-electron chi connectivity index (χ0n) is 7.72. The Balaban J connectivity index is 1.96. The molecule has 0 radical (unpaired) electrons. The van der Waals surface area contributed by atoms with Crippen molar-refractivity contribution in [2.24, 2.45) is 0 Å². The van der Waals surface area contributed by atoms with E-state index in [0.29, 0.717) is 0 Å². The summed E-state index contributed by atoms with van der Waals surface area (Å²) < 4.78 is 0. The minimum atomic E-state index is 0.729. The van der Waals surface area contributed by atoms with E-state index in [1.165, 1.54) is 0 Å². The largest absolute Gasteiger partial charge is 0.378 e. The van der Waals surface area contributed by atoms with Crippen molar-refractivity contribution in [3.05, 3.63) is 54.6 Å². The number of anilines is 1. The van der Waals surface area contributed by atoms with Crippen LogP contribution >= 0.6 is 0 Å². The molecule has 0 amide bonds. The molecule has 3 heteroatoms. The summed E-state index contributed by atoms with van der Waals surface area (Å²) >= 11 is 0. The van der Waals surface area contributed by atoms with Crippen LogP contribution in [0.25, 0.3) is 0 Å². The van der Waals surface area contributed by atoms with Gasteiger partial charge in [0, 0.05) is 18.6 Å². The molecule has 2 rings (SSSR count). The highest BCUT2D eigenvalue weighted by Gasteiger charge is 1.92. The maximum absolute atomic E-state index is 4.21. The quantitative estimate of drug-likeness (QED) is 0.795. The van der Waals surface area contributed by atoms with E-state index in [4.69, 9.17) is 0 Å². The Morgan fingerprint density at radius 3 is 2.79 bits per heavy atom. The first-order chi connectivity index (χ1) is 6.95. The van der Waals surface area contributed by atoms with E-state index in [9.17, 15) is 0 Å². The number of aromatic nitrogens is 2. The number of nitrogens with zero attached hydrogens (tertiary/aromatic N) is 2. The van der Waals surface area contributed by atoms with E-state index in [-0.39, 0.29) is 0 Å². The van der Waals surface area contributed by atoms with Crippen LogP contribution in [0.1, 0.15) is 5.69 Å². The molecule has 0 atom stereocenters. The maximum Gasteiger partial charge on any atom is 0.0594 e. The predicted octanol–water partition coefficient (Wildman–Crippen LogP) is 2.09. The highest BCUT2D eigenvalue weighted by molar-refractivity contribution is 5.39. The van der Waals surface area contributed by atoms with Gasteiger partial charge in [0.15, 0.2) is 0 Å². The van der Waals surface area contributed by atoms with E-state index in [0.717, 1.165) is 17.9 Å². The lowest BCUT2D eigenvalue weighted by molar-refractivity contribution is 1.04. The molecule has 0 saturated heterocycles. The average molecular weight is 185 g/mol. The van der Waals surface area contributed by atoms with Crippen molar-refractivity contribution in [3.63, 3.8) is 0 Å². The molecule has 0 spiro atoms. The maximum atomic E-state index is 4.21. The molecule has 0 saturated carbocycles. The van der Waals surface area contributed by atoms with Gasteiger partial charge in [-0.05, 0) is 24.3 Å². The first kappa shape index (κ1) is 8.69. The summed E-state index contributed by atoms with van der Waals surface area (Å²) in [7, 11) is 0. The van der Waals surface area contributed by atoms with Gasteiger partial charge in [-0.3, -0.25) is 9.97 Å². The Kier molecular flexibility index (Phi) is 2.71. The van der Waals surface area contributed by atoms with Gasteiger partial charge in [-0.25, -0.2) is 0 Å². The third kappa shape index (κ3) is 2.29. The van der Waals surface area contributed by atoms with Gasteiger partial charge in [-0.2, -0.15) is 0 Å². The summed E-state index contributed by atoms with van der Waals surface area (Å²) in [4.78, 5) is 8.22. The molecule has 0 aromatic carbocycles. The molecular formula is C11H11N3. The molecule has 1 N–H and O–H groups in total. The van der Waals surface area contributed by atoms with Crippen LogP contribution in [0.2, 0.25) is 0 Å². The highest BCUT2D eigenvalue weighted by atomic mass is 14.9. The van der Waals surface area contributed by atoms with Crippen molar-refractivity contribution in [1.82, 2.24) is 9.97 Å². The molecule has 0 aliphatic carbocycles. The molecular weight excluding hydrogens is 174 g/mol. The smallest absolute Gasteiger partial charge is 0.0594 e. The van der Waals surface area contributed by atoms with Crippen molar-refractivity contribution in [2.45, 2.75) is 6.54 Å². The molecule has 2 aromatic heterocycles. The minimum absolute atomic E-state index is 0.729. The zero-order chi connectivity index (χ0) is 9.64. The fourth-order valence-electron chi connectivity index (χ4n) is 1.16. The fourth-order valence-corrected chi connectivity index (χ4v) is 1.16. The standard InChI is InChI=1S/C11H11N3/c1-2-7-13-11(4-1)9-14-10-5-3-6-12-8-10/h1-8,14H,9H2. The number of pyridine rings is 2. The van der Waals surface area contributed by atoms with Gasteiger partial charge in [-0.1, -0.05) is 6.07 Å². The topological polar surface area (TPSA) is 37.8 Å². The third-order valence-electron chi connectivity index (χ3n) is 1.86. The van der Waals surface area contributed by atoms with Gasteiger partial charge in [0.05, 0.1) is 17.9 Å². The first-order valence-corrected chi connectivity index (χ1v) is 4.49. The Morgan fingerprint density at radius 2 is 2.07 bits per heavy atom. The van der Waals surface area contributed by atoms with Gasteiger partial charge in [-0.15, -0.1) is 0 Å². The van der Waals surface area contributed by atoms with Crippen LogP contribution in [-0.2, 0) is 6.54 Å². The van der Waals surface area contributed by atoms with Crippen LogP contribution in [-0.4, -0.2) is 9.97 Å². The normalized spacial score (nSPS) is 9.71. The Bertz CT molecular complexity index is 333. The van der Waals surface area contributed by atoms with Crippen molar-refractivity contribution in [3.8, 4) is 0 Å². The summed E-state index contributed by atoms with van der Waals surface area (Å²) in [6.07, 6.45) is 5.34. The molecule has 14 heavy (non-hydrogen) atoms. The lowest BCUT2D eigenvalue weighted by atomic mass is 10.3. The Labute approximate surface area is 82.8 Å². The third-order valence-corrected chi connectivity index (χ3v) is 1.86. The van der Waals surface area contributed by atoms with Crippen LogP contribution in [0.5, 0.6) is 0 Å². The summed E-state index contributed by atoms with van der Waals surface area (Å²) in [6.45, 7) is 0.729. The van der Waals surface area contributed by atoms with Crippen molar-refractivity contribution < 1.29 is 0 Å². The van der Waals surface area contributed by atoms with Gasteiger partial charge in [0.1, 0.15) is 0 Å². The number of hydrogen-bond acceptors (Lipinski definition) is 3. The summed E-state index contributed by atoms with van der Waals surface area (Å²) in [5.41, 5.74) is 2.04. The molecule has 0 aliphatic heterocycles. The molecule has 0 aliphatic rings. The molecule has 0 bridgehead atoms. The SMILES string of the molecule is c1ccc(CNc2cccnc2)nc1. The summed E-state index contributed by atoms with van der Waals surface area (Å²) in [5, 5.41) is 3.24. The van der Waals surface area contributed by atoms with E-state index in [2.05, 4.69) is 15.3 Å². The predicted molar refractivity (Wildman–Crippen MR) is 55.8 cm³/mol. The Hall–Kier alpha value is -1.90. The summed E-state index contributed by atoms with van der Waals surface area (Å²) in [5.74, 6) is 0. The second-order valence-corrected chi connectivity index (χ2v) is 2.92. The molecule has 2 aromatic rings. The van der Waals surface area contributed by atoms with Crippen LogP contribution in [0.15, 0.2) is 48.9 Å². The number of nitrogens with one attached hydrogen (secondary N) is 1. The van der Waals surface area contributed by atoms with Crippen molar-refractivity contribution >= 4 is 5.69 Å². The van der Waals surface area contributed by atoms with E-state index in [1.54, 1.807) is 18.6 Å². The average Bonchev–Trinajstić information content (AvgIpc) is 2.29. The fraction of sp³-hybridized carbons (Fsp3) is 0.0909. The second kappa shape index (κ2) is 4.37. The van der Waals surface area contributed by atoms with Crippen LogP contribution in [0.3, 0.4) is 0 Å². The van der Waals surface area contributed by atoms with Gasteiger partial charge < -0.3 is 5.32 Å². The molecule has 3 nitrogen and oxygen atoms in total. The van der Waals surface area contributed by atoms with Gasteiger partial charge >= 0.3 is 0 Å². The second-order valence-electron chi connectivity index (χ2n) is 2.92. The van der Waals surface area contributed by atoms with Crippen molar-refractivity contribution in [1.29, 1.82) is 0 Å². The van der Waals surface area contributed by atoms with Crippen LogP contribution in [0.4, 0.5) is 5.69 Å².